The normalized spacial score (nSPS) is 22.9. The molecule has 11 heteroatoms. The average Bonchev–Trinajstić information content (AvgIpc) is 2.79. The van der Waals surface area contributed by atoms with Gasteiger partial charge in [0.2, 0.25) is 5.95 Å². The first kappa shape index (κ1) is 21.8. The molecule has 4 heterocycles. The minimum Gasteiger partial charge on any atom is -0.394 e. The highest BCUT2D eigenvalue weighted by Gasteiger charge is 2.39. The van der Waals surface area contributed by atoms with Crippen LogP contribution >= 0.6 is 11.6 Å². The number of fused-ring (bicyclic) bond motifs is 1. The van der Waals surface area contributed by atoms with Crippen LogP contribution in [0.15, 0.2) is 17.3 Å². The van der Waals surface area contributed by atoms with Gasteiger partial charge in [-0.25, -0.2) is 9.97 Å². The smallest absolute Gasteiger partial charge is 0.229 e. The summed E-state index contributed by atoms with van der Waals surface area (Å²) in [5.41, 5.74) is -0.376. The van der Waals surface area contributed by atoms with Crippen molar-refractivity contribution < 1.29 is 9.32 Å². The molecule has 2 aromatic heterocycles. The second kappa shape index (κ2) is 8.72. The molecule has 5 rings (SSSR count). The third kappa shape index (κ3) is 4.04. The summed E-state index contributed by atoms with van der Waals surface area (Å²) in [6, 6.07) is 0. The highest BCUT2D eigenvalue weighted by molar-refractivity contribution is 7.85. The number of hydrogen-bond acceptors (Lipinski definition) is 9. The predicted octanol–water partition coefficient (Wildman–Crippen LogP) is 2.19. The summed E-state index contributed by atoms with van der Waals surface area (Å²) >= 11 is 5.92. The van der Waals surface area contributed by atoms with Crippen molar-refractivity contribution in [2.45, 2.75) is 48.5 Å². The van der Waals surface area contributed by atoms with E-state index >= 15 is 0 Å². The van der Waals surface area contributed by atoms with Crippen molar-refractivity contribution in [1.29, 1.82) is 0 Å². The summed E-state index contributed by atoms with van der Waals surface area (Å²) < 4.78 is 12.9. The van der Waals surface area contributed by atoms with Gasteiger partial charge in [-0.3, -0.25) is 4.21 Å². The molecule has 1 aliphatic carbocycles. The van der Waals surface area contributed by atoms with Crippen molar-refractivity contribution in [3.05, 3.63) is 23.2 Å². The van der Waals surface area contributed by atoms with Gasteiger partial charge in [0.25, 0.3) is 0 Å². The van der Waals surface area contributed by atoms with Crippen LogP contribution < -0.4 is 15.1 Å². The van der Waals surface area contributed by atoms with Gasteiger partial charge in [-0.2, -0.15) is 9.97 Å². The molecule has 2 N–H and O–H groups in total. The van der Waals surface area contributed by atoms with Crippen LogP contribution in [0.5, 0.6) is 0 Å². The van der Waals surface area contributed by atoms with Crippen LogP contribution in [0.2, 0.25) is 5.02 Å². The lowest BCUT2D eigenvalue weighted by Crippen LogP contribution is -2.49. The zero-order valence-corrected chi connectivity index (χ0v) is 19.7. The van der Waals surface area contributed by atoms with Crippen molar-refractivity contribution in [2.75, 3.05) is 54.2 Å². The van der Waals surface area contributed by atoms with Gasteiger partial charge >= 0.3 is 0 Å². The number of aromatic nitrogens is 4. The van der Waals surface area contributed by atoms with Crippen LogP contribution in [-0.4, -0.2) is 73.8 Å². The van der Waals surface area contributed by atoms with Crippen LogP contribution in [0.25, 0.3) is 0 Å². The fraction of sp³-hybridized carbons (Fsp3) is 0.619. The second-order valence-electron chi connectivity index (χ2n) is 8.93. The summed E-state index contributed by atoms with van der Waals surface area (Å²) in [5, 5.41) is 14.0. The van der Waals surface area contributed by atoms with Gasteiger partial charge < -0.3 is 20.2 Å². The number of rotatable bonds is 5. The summed E-state index contributed by atoms with van der Waals surface area (Å²) in [7, 11) is 0.813. The molecule has 32 heavy (non-hydrogen) atoms. The standard InChI is InChI=1S/C21H28ClN7O2S/c1-28-9-10-32(31)16-18(27-21(13-30)5-2-6-21)25-20(26-19(16)28)29-7-3-14(4-8-29)17-23-11-15(22)12-24-17/h11-12,14,30H,2-10,13H2,1H3,(H,25,26,27). The molecule has 0 radical (unpaired) electrons. The Morgan fingerprint density at radius 3 is 2.56 bits per heavy atom. The van der Waals surface area contributed by atoms with Crippen molar-refractivity contribution in [3.8, 4) is 0 Å². The number of halogens is 1. The van der Waals surface area contributed by atoms with E-state index in [9.17, 15) is 9.32 Å². The highest BCUT2D eigenvalue weighted by atomic mass is 35.5. The first-order valence-corrected chi connectivity index (χ1v) is 12.8. The van der Waals surface area contributed by atoms with Crippen LogP contribution in [0.3, 0.4) is 0 Å². The minimum absolute atomic E-state index is 0.0378. The van der Waals surface area contributed by atoms with Gasteiger partial charge in [-0.15, -0.1) is 0 Å². The molecular weight excluding hydrogens is 450 g/mol. The van der Waals surface area contributed by atoms with E-state index in [1.807, 2.05) is 11.9 Å². The lowest BCUT2D eigenvalue weighted by atomic mass is 9.77. The molecule has 1 saturated carbocycles. The molecule has 9 nitrogen and oxygen atoms in total. The molecule has 3 aliphatic rings. The van der Waals surface area contributed by atoms with E-state index in [2.05, 4.69) is 20.2 Å². The zero-order valence-electron chi connectivity index (χ0n) is 18.1. The summed E-state index contributed by atoms with van der Waals surface area (Å²) in [6.45, 7) is 2.30. The quantitative estimate of drug-likeness (QED) is 0.669. The first-order chi connectivity index (χ1) is 15.5. The van der Waals surface area contributed by atoms with Gasteiger partial charge in [0.15, 0.2) is 11.6 Å². The lowest BCUT2D eigenvalue weighted by Gasteiger charge is -2.42. The van der Waals surface area contributed by atoms with E-state index in [0.717, 1.165) is 56.8 Å². The maximum absolute atomic E-state index is 12.9. The molecule has 2 aromatic rings. The van der Waals surface area contributed by atoms with E-state index in [-0.39, 0.29) is 18.1 Å². The maximum atomic E-state index is 12.9. The topological polar surface area (TPSA) is 107 Å². The van der Waals surface area contributed by atoms with Gasteiger partial charge in [0.1, 0.15) is 10.7 Å². The van der Waals surface area contributed by atoms with E-state index in [4.69, 9.17) is 21.6 Å². The third-order valence-electron chi connectivity index (χ3n) is 6.82. The summed E-state index contributed by atoms with van der Waals surface area (Å²) in [4.78, 5) is 23.3. The second-order valence-corrected chi connectivity index (χ2v) is 10.9. The molecule has 0 aromatic carbocycles. The molecule has 2 aliphatic heterocycles. The Kier molecular flexibility index (Phi) is 5.94. The average molecular weight is 478 g/mol. The predicted molar refractivity (Wildman–Crippen MR) is 125 cm³/mol. The Morgan fingerprint density at radius 1 is 1.22 bits per heavy atom. The van der Waals surface area contributed by atoms with E-state index in [0.29, 0.717) is 34.0 Å². The van der Waals surface area contributed by atoms with Crippen molar-refractivity contribution >= 4 is 40.0 Å². The molecule has 172 valence electrons. The molecule has 1 atom stereocenters. The van der Waals surface area contributed by atoms with Crippen LogP contribution in [0, 0.1) is 0 Å². The Labute approximate surface area is 195 Å². The molecule has 0 amide bonds. The summed E-state index contributed by atoms with van der Waals surface area (Å²) in [6.07, 6.45) is 7.92. The molecule has 2 fully saturated rings. The van der Waals surface area contributed by atoms with Crippen molar-refractivity contribution in [3.63, 3.8) is 0 Å². The SMILES string of the molecule is CN1CCS(=O)c2c(NC3(CO)CCC3)nc(N3CCC(c4ncc(Cl)cn4)CC3)nc21. The number of nitrogens with zero attached hydrogens (tertiary/aromatic N) is 6. The number of piperidine rings is 1. The number of anilines is 3. The van der Waals surface area contributed by atoms with Crippen molar-refractivity contribution in [2.24, 2.45) is 0 Å². The highest BCUT2D eigenvalue weighted by Crippen LogP contribution is 2.40. The van der Waals surface area contributed by atoms with Gasteiger partial charge in [0.05, 0.1) is 28.0 Å². The minimum atomic E-state index is -1.16. The number of aliphatic hydroxyl groups is 1. The Morgan fingerprint density at radius 2 is 1.94 bits per heavy atom. The van der Waals surface area contributed by atoms with E-state index < -0.39 is 10.8 Å². The number of nitrogens with one attached hydrogen (secondary N) is 1. The Hall–Kier alpha value is -2.04. The number of aliphatic hydroxyl groups excluding tert-OH is 1. The van der Waals surface area contributed by atoms with Crippen molar-refractivity contribution in [1.82, 2.24) is 19.9 Å². The Bertz CT molecular complexity index is 1000. The molecule has 1 unspecified atom stereocenters. The molecule has 0 spiro atoms. The summed E-state index contributed by atoms with van der Waals surface area (Å²) in [5.74, 6) is 3.62. The van der Waals surface area contributed by atoms with Gasteiger partial charge in [-0.05, 0) is 32.1 Å². The van der Waals surface area contributed by atoms with Crippen LogP contribution in [0.1, 0.15) is 43.8 Å². The fourth-order valence-electron chi connectivity index (χ4n) is 4.60. The first-order valence-electron chi connectivity index (χ1n) is 11.1. The molecule has 0 bridgehead atoms. The Balaban J connectivity index is 1.42. The monoisotopic (exact) mass is 477 g/mol. The lowest BCUT2D eigenvalue weighted by molar-refractivity contribution is 0.143. The zero-order chi connectivity index (χ0) is 22.3. The van der Waals surface area contributed by atoms with Gasteiger partial charge in [0, 0.05) is 50.7 Å². The van der Waals surface area contributed by atoms with E-state index in [1.165, 1.54) is 0 Å². The third-order valence-corrected chi connectivity index (χ3v) is 8.40. The molecular formula is C21H28ClN7O2S. The van der Waals surface area contributed by atoms with Crippen LogP contribution in [0.4, 0.5) is 17.6 Å². The molecule has 1 saturated heterocycles. The van der Waals surface area contributed by atoms with Gasteiger partial charge in [-0.1, -0.05) is 11.6 Å². The fourth-order valence-corrected chi connectivity index (χ4v) is 6.06. The largest absolute Gasteiger partial charge is 0.394 e. The van der Waals surface area contributed by atoms with E-state index in [1.54, 1.807) is 12.4 Å². The van der Waals surface area contributed by atoms with Crippen LogP contribution in [-0.2, 0) is 10.8 Å². The maximum Gasteiger partial charge on any atom is 0.229 e. The number of hydrogen-bond donors (Lipinski definition) is 2.